The summed E-state index contributed by atoms with van der Waals surface area (Å²) in [5.74, 6) is 0.695. The molecule has 0 radical (unpaired) electrons. The number of pyridine rings is 1. The van der Waals surface area contributed by atoms with Gasteiger partial charge in [-0.2, -0.15) is 0 Å². The van der Waals surface area contributed by atoms with Gasteiger partial charge in [0.15, 0.2) is 0 Å². The molecule has 0 amide bonds. The van der Waals surface area contributed by atoms with E-state index < -0.39 is 6.10 Å². The van der Waals surface area contributed by atoms with Crippen LogP contribution in [0.3, 0.4) is 0 Å². The monoisotopic (exact) mass is 315 g/mol. The van der Waals surface area contributed by atoms with Gasteiger partial charge in [0.25, 0.3) is 0 Å². The zero-order valence-electron chi connectivity index (χ0n) is 14.1. The van der Waals surface area contributed by atoms with Crippen molar-refractivity contribution in [3.63, 3.8) is 0 Å². The van der Waals surface area contributed by atoms with Crippen LogP contribution in [0.15, 0.2) is 54.9 Å². The molecule has 0 fully saturated rings. The van der Waals surface area contributed by atoms with Crippen LogP contribution < -0.4 is 4.74 Å². The van der Waals surface area contributed by atoms with Crippen LogP contribution in [0, 0.1) is 0 Å². The number of nitrogens with zero attached hydrogens (tertiary/aromatic N) is 2. The van der Waals surface area contributed by atoms with E-state index >= 15 is 0 Å². The van der Waals surface area contributed by atoms with Gasteiger partial charge in [0, 0.05) is 12.6 Å². The molecule has 1 heterocycles. The van der Waals surface area contributed by atoms with Gasteiger partial charge in [0.05, 0.1) is 26.8 Å². The lowest BCUT2D eigenvalue weighted by molar-refractivity contribution is -0.893. The zero-order valence-corrected chi connectivity index (χ0v) is 14.1. The van der Waals surface area contributed by atoms with Crippen molar-refractivity contribution in [1.82, 2.24) is 4.98 Å². The average molecular weight is 315 g/mol. The molecule has 1 aromatic heterocycles. The van der Waals surface area contributed by atoms with Crippen LogP contribution in [-0.4, -0.2) is 54.5 Å². The van der Waals surface area contributed by atoms with Crippen LogP contribution >= 0.6 is 0 Å². The van der Waals surface area contributed by atoms with Gasteiger partial charge in [0.1, 0.15) is 25.0 Å². The smallest absolute Gasteiger partial charge is 0.137 e. The number of hydrogen-bond acceptors (Lipinski definition) is 3. The van der Waals surface area contributed by atoms with E-state index in [0.29, 0.717) is 18.9 Å². The topological polar surface area (TPSA) is 42.4 Å². The predicted molar refractivity (Wildman–Crippen MR) is 92.3 cm³/mol. The van der Waals surface area contributed by atoms with Gasteiger partial charge in [-0.05, 0) is 24.1 Å². The molecule has 2 aromatic rings. The van der Waals surface area contributed by atoms with Crippen molar-refractivity contribution in [2.24, 2.45) is 0 Å². The summed E-state index contributed by atoms with van der Waals surface area (Å²) < 4.78 is 6.35. The minimum atomic E-state index is -0.484. The molecular weight excluding hydrogens is 288 g/mol. The van der Waals surface area contributed by atoms with Crippen molar-refractivity contribution in [3.05, 3.63) is 60.4 Å². The van der Waals surface area contributed by atoms with Gasteiger partial charge >= 0.3 is 0 Å². The molecule has 0 spiro atoms. The number of quaternary nitrogens is 1. The Balaban J connectivity index is 1.69. The Bertz CT molecular complexity index is 558. The van der Waals surface area contributed by atoms with E-state index in [-0.39, 0.29) is 0 Å². The number of hydrogen-bond donors (Lipinski definition) is 1. The lowest BCUT2D eigenvalue weighted by Crippen LogP contribution is -2.47. The fourth-order valence-electron chi connectivity index (χ4n) is 2.70. The molecule has 1 unspecified atom stereocenters. The first-order valence-electron chi connectivity index (χ1n) is 8.12. The second kappa shape index (κ2) is 8.65. The molecule has 4 nitrogen and oxygen atoms in total. The van der Waals surface area contributed by atoms with E-state index in [2.05, 4.69) is 43.3 Å². The number of likely N-dealkylation sites (N-methyl/N-ethyl adjacent to an activating group) is 1. The molecular formula is C19H27N2O2+. The van der Waals surface area contributed by atoms with E-state index in [0.717, 1.165) is 23.9 Å². The summed E-state index contributed by atoms with van der Waals surface area (Å²) in [5, 5.41) is 10.2. The molecule has 2 rings (SSSR count). The molecule has 4 heteroatoms. The van der Waals surface area contributed by atoms with Crippen LogP contribution in [0.1, 0.15) is 12.0 Å². The third-order valence-electron chi connectivity index (χ3n) is 3.85. The molecule has 0 aliphatic carbocycles. The van der Waals surface area contributed by atoms with Gasteiger partial charge in [0.2, 0.25) is 0 Å². The summed E-state index contributed by atoms with van der Waals surface area (Å²) >= 11 is 0. The third kappa shape index (κ3) is 6.80. The quantitative estimate of drug-likeness (QED) is 0.723. The van der Waals surface area contributed by atoms with Crippen molar-refractivity contribution >= 4 is 0 Å². The highest BCUT2D eigenvalue weighted by Gasteiger charge is 2.20. The number of aryl methyl sites for hydroxylation is 1. The van der Waals surface area contributed by atoms with E-state index in [1.54, 1.807) is 12.4 Å². The predicted octanol–water partition coefficient (Wildman–Crippen LogP) is 2.53. The molecule has 124 valence electrons. The summed E-state index contributed by atoms with van der Waals surface area (Å²) in [4.78, 5) is 4.00. The fraction of sp³-hybridized carbons (Fsp3) is 0.421. The molecule has 1 N–H and O–H groups in total. The molecule has 0 bridgehead atoms. The third-order valence-corrected chi connectivity index (χ3v) is 3.85. The summed E-state index contributed by atoms with van der Waals surface area (Å²) in [6, 6.07) is 14.2. The van der Waals surface area contributed by atoms with Crippen LogP contribution in [-0.2, 0) is 6.42 Å². The Morgan fingerprint density at radius 3 is 2.61 bits per heavy atom. The molecule has 1 aromatic carbocycles. The largest absolute Gasteiger partial charge is 0.489 e. The lowest BCUT2D eigenvalue weighted by Gasteiger charge is -2.31. The normalized spacial score (nSPS) is 12.8. The Kier molecular flexibility index (Phi) is 6.56. The molecule has 0 aliphatic heterocycles. The van der Waals surface area contributed by atoms with Crippen molar-refractivity contribution in [2.45, 2.75) is 18.9 Å². The standard InChI is InChI=1S/C19H27N2O2/c1-21(2,13-7-10-17-8-4-3-5-9-17)15-18(22)16-23-19-11-6-12-20-14-19/h3-6,8-9,11-12,14,18,22H,7,10,13,15-16H2,1-2H3/q+1. The maximum Gasteiger partial charge on any atom is 0.137 e. The lowest BCUT2D eigenvalue weighted by atomic mass is 10.1. The maximum absolute atomic E-state index is 10.2. The minimum Gasteiger partial charge on any atom is -0.489 e. The number of ether oxygens (including phenoxy) is 1. The van der Waals surface area contributed by atoms with Crippen LogP contribution in [0.25, 0.3) is 0 Å². The summed E-state index contributed by atoms with van der Waals surface area (Å²) in [5.41, 5.74) is 1.37. The Morgan fingerprint density at radius 1 is 1.13 bits per heavy atom. The number of rotatable bonds is 9. The first kappa shape index (κ1) is 17.4. The summed E-state index contributed by atoms with van der Waals surface area (Å²) in [7, 11) is 4.30. The Labute approximate surface area is 139 Å². The second-order valence-corrected chi connectivity index (χ2v) is 6.58. The SMILES string of the molecule is C[N+](C)(CCCc1ccccc1)CC(O)COc1cccnc1. The summed E-state index contributed by atoms with van der Waals surface area (Å²) in [6.07, 6.45) is 5.06. The number of aliphatic hydroxyl groups excluding tert-OH is 1. The van der Waals surface area contributed by atoms with Gasteiger partial charge < -0.3 is 14.3 Å². The first-order valence-corrected chi connectivity index (χ1v) is 8.12. The van der Waals surface area contributed by atoms with E-state index in [1.165, 1.54) is 5.56 Å². The molecule has 1 atom stereocenters. The molecule has 0 aliphatic rings. The highest BCUT2D eigenvalue weighted by Crippen LogP contribution is 2.10. The number of benzene rings is 1. The fourth-order valence-corrected chi connectivity index (χ4v) is 2.70. The molecule has 23 heavy (non-hydrogen) atoms. The zero-order chi connectivity index (χ0) is 16.5. The van der Waals surface area contributed by atoms with Gasteiger partial charge in [-0.1, -0.05) is 30.3 Å². The summed E-state index contributed by atoms with van der Waals surface area (Å²) in [6.45, 7) is 2.00. The highest BCUT2D eigenvalue weighted by molar-refractivity contribution is 5.15. The van der Waals surface area contributed by atoms with Gasteiger partial charge in [-0.3, -0.25) is 4.98 Å². The number of aliphatic hydroxyl groups is 1. The highest BCUT2D eigenvalue weighted by atomic mass is 16.5. The molecule has 0 saturated carbocycles. The van der Waals surface area contributed by atoms with E-state index in [9.17, 15) is 5.11 Å². The van der Waals surface area contributed by atoms with Crippen LogP contribution in [0.4, 0.5) is 0 Å². The molecule has 0 saturated heterocycles. The van der Waals surface area contributed by atoms with E-state index in [4.69, 9.17) is 4.74 Å². The minimum absolute atomic E-state index is 0.298. The van der Waals surface area contributed by atoms with Gasteiger partial charge in [-0.15, -0.1) is 0 Å². The maximum atomic E-state index is 10.2. The number of aromatic nitrogens is 1. The van der Waals surface area contributed by atoms with Crippen molar-refractivity contribution in [3.8, 4) is 5.75 Å². The average Bonchev–Trinajstić information content (AvgIpc) is 2.54. The van der Waals surface area contributed by atoms with Gasteiger partial charge in [-0.25, -0.2) is 0 Å². The van der Waals surface area contributed by atoms with E-state index in [1.807, 2.05) is 18.2 Å². The Hall–Kier alpha value is -1.91. The second-order valence-electron chi connectivity index (χ2n) is 6.58. The van der Waals surface area contributed by atoms with Crippen molar-refractivity contribution in [2.75, 3.05) is 33.8 Å². The van der Waals surface area contributed by atoms with Crippen molar-refractivity contribution < 1.29 is 14.3 Å². The van der Waals surface area contributed by atoms with Crippen LogP contribution in [0.2, 0.25) is 0 Å². The Morgan fingerprint density at radius 2 is 1.91 bits per heavy atom. The van der Waals surface area contributed by atoms with Crippen molar-refractivity contribution in [1.29, 1.82) is 0 Å². The van der Waals surface area contributed by atoms with Crippen LogP contribution in [0.5, 0.6) is 5.75 Å². The first-order chi connectivity index (χ1) is 11.1.